The number of unbranched alkanes of at least 4 members (excludes halogenated alkanes) is 4. The van der Waals surface area contributed by atoms with E-state index in [1.165, 1.54) is 55.0 Å². The van der Waals surface area contributed by atoms with E-state index in [-0.39, 0.29) is 112 Å². The molecule has 4 heterocycles. The number of ether oxygens (including phenoxy) is 6. The van der Waals surface area contributed by atoms with Gasteiger partial charge in [-0.15, -0.1) is 0 Å². The molecule has 16 rings (SSSR count). The lowest BCUT2D eigenvalue weighted by molar-refractivity contribution is -0.137. The summed E-state index contributed by atoms with van der Waals surface area (Å²) in [7, 11) is 3.22. The summed E-state index contributed by atoms with van der Waals surface area (Å²) in [6.45, 7) is 16.6. The minimum Gasteiger partial charge on any atom is -0.496 e. The van der Waals surface area contributed by atoms with Crippen LogP contribution in [0.15, 0.2) is 170 Å². The summed E-state index contributed by atoms with van der Waals surface area (Å²) in [6, 6.07) is 40.9. The van der Waals surface area contributed by atoms with E-state index in [4.69, 9.17) is 34.2 Å². The van der Waals surface area contributed by atoms with Gasteiger partial charge in [-0.2, -0.15) is 13.2 Å². The first kappa shape index (κ1) is 106. The van der Waals surface area contributed by atoms with E-state index in [2.05, 4.69) is 62.0 Å². The number of hydrogen-bond donors (Lipinski definition) is 5. The van der Waals surface area contributed by atoms with Crippen LogP contribution in [0.25, 0.3) is 88.1 Å². The molecule has 4 aliphatic rings. The first-order valence-corrected chi connectivity index (χ1v) is 45.6. The largest absolute Gasteiger partial charge is 0.496 e. The third-order valence-electron chi connectivity index (χ3n) is 23.3. The molecule has 0 radical (unpaired) electrons. The molecule has 0 atom stereocenters. The summed E-state index contributed by atoms with van der Waals surface area (Å²) >= 11 is 0. The number of rotatable bonds is 33. The fourth-order valence-corrected chi connectivity index (χ4v) is 15.1. The number of nitrogen functional groups attached to an aromatic ring is 1. The smallest absolute Gasteiger partial charge is 0.417 e. The van der Waals surface area contributed by atoms with Crippen molar-refractivity contribution in [1.82, 2.24) is 41.2 Å². The van der Waals surface area contributed by atoms with Crippen molar-refractivity contribution in [2.75, 3.05) is 46.1 Å². The number of nitrogens with zero attached hydrogens (tertiary/aromatic N) is 4. The van der Waals surface area contributed by atoms with Gasteiger partial charge in [-0.1, -0.05) is 152 Å². The van der Waals surface area contributed by atoms with Crippen LogP contribution in [-0.4, -0.2) is 132 Å². The number of carbonyl (C=O) groups is 8. The normalized spacial score (nSPS) is 12.9. The van der Waals surface area contributed by atoms with Gasteiger partial charge in [-0.05, 0) is 220 Å². The molecule has 4 amide bonds. The van der Waals surface area contributed by atoms with Crippen LogP contribution in [0, 0.1) is 5.82 Å². The summed E-state index contributed by atoms with van der Waals surface area (Å²) in [5, 5.41) is 14.3. The Bertz CT molecular complexity index is 6240. The highest BCUT2D eigenvalue weighted by Crippen LogP contribution is 2.44. The number of benzene rings is 8. The van der Waals surface area contributed by atoms with Crippen molar-refractivity contribution in [3.63, 3.8) is 0 Å². The molecule has 4 aliphatic carbocycles. The SMILES string of the molecule is C.C.C.C.CCCCNC(=O)c1ccc(-c2cc3c(CC)c(C(=O)OC4CC4)cnc3cc2C(F)(F)F)cc1.CCCCNC(=O)c1ccc(-c2cc3c(CC)c(C(=O)OC4CC4)cnc3cc2F)cc1.CCCCNC(=O)c1ccc(-c2cc3c(CC)c(C(=O)OC4CC4)cnc3cc2OC)cc1.CCCCNC(=O)c1ccc(-c2cc3c(N)c(C(=O)OC4CC4)cnc3cc2OC)cc1. The molecule has 720 valence electrons. The number of amides is 4. The number of aromatic nitrogens is 4. The minimum atomic E-state index is -4.61. The molecule has 23 nitrogen and oxygen atoms in total. The fraction of sp³-hybridized carbons (Fsp3) is 0.376. The molecule has 0 spiro atoms. The molecule has 0 unspecified atom stereocenters. The van der Waals surface area contributed by atoms with Gasteiger partial charge in [0.05, 0.1) is 64.2 Å². The lowest BCUT2D eigenvalue weighted by Crippen LogP contribution is -2.24. The number of hydrogen-bond acceptors (Lipinski definition) is 19. The van der Waals surface area contributed by atoms with E-state index in [0.717, 1.165) is 158 Å². The summed E-state index contributed by atoms with van der Waals surface area (Å²) in [6.07, 6.45) is 17.6. The van der Waals surface area contributed by atoms with Crippen LogP contribution >= 0.6 is 0 Å². The summed E-state index contributed by atoms with van der Waals surface area (Å²) in [5.41, 5.74) is 18.6. The molecule has 4 fully saturated rings. The molecule has 0 aliphatic heterocycles. The zero-order chi connectivity index (χ0) is 93.9. The van der Waals surface area contributed by atoms with Crippen molar-refractivity contribution in [3.8, 4) is 56.0 Å². The number of nitrogens with two attached hydrogens (primary N) is 1. The number of fused-ring (bicyclic) bond motifs is 4. The molecule has 4 saturated carbocycles. The van der Waals surface area contributed by atoms with Crippen molar-refractivity contribution >= 4 is 96.8 Å². The number of nitrogens with one attached hydrogen (secondary N) is 4. The molecule has 6 N–H and O–H groups in total. The first-order valence-electron chi connectivity index (χ1n) is 45.6. The predicted molar refractivity (Wildman–Crippen MR) is 529 cm³/mol. The Morgan fingerprint density at radius 1 is 0.353 bits per heavy atom. The van der Waals surface area contributed by atoms with Crippen molar-refractivity contribution in [1.29, 1.82) is 0 Å². The van der Waals surface area contributed by atoms with Crippen molar-refractivity contribution in [3.05, 3.63) is 243 Å². The van der Waals surface area contributed by atoms with Crippen LogP contribution in [0.5, 0.6) is 11.5 Å². The Morgan fingerprint density at radius 2 is 0.610 bits per heavy atom. The quantitative estimate of drug-likeness (QED) is 0.0110. The van der Waals surface area contributed by atoms with Crippen molar-refractivity contribution < 1.29 is 84.3 Å². The van der Waals surface area contributed by atoms with Gasteiger partial charge in [0.2, 0.25) is 0 Å². The first-order chi connectivity index (χ1) is 63.8. The maximum absolute atomic E-state index is 14.9. The number of carbonyl (C=O) groups excluding carboxylic acids is 8. The molecular formula is C109H127F4N9O14. The van der Waals surface area contributed by atoms with Crippen LogP contribution in [0.2, 0.25) is 0 Å². The van der Waals surface area contributed by atoms with Gasteiger partial charge >= 0.3 is 30.1 Å². The Kier molecular flexibility index (Phi) is 38.2. The van der Waals surface area contributed by atoms with Crippen LogP contribution in [0.1, 0.15) is 286 Å². The van der Waals surface area contributed by atoms with E-state index in [1.54, 1.807) is 68.9 Å². The van der Waals surface area contributed by atoms with Gasteiger partial charge in [-0.25, -0.2) is 23.6 Å². The van der Waals surface area contributed by atoms with Gasteiger partial charge in [0.15, 0.2) is 0 Å². The predicted octanol–water partition coefficient (Wildman–Crippen LogP) is 24.0. The number of anilines is 1. The lowest BCUT2D eigenvalue weighted by atomic mass is 9.92. The number of alkyl halides is 3. The highest BCUT2D eigenvalue weighted by atomic mass is 19.4. The van der Waals surface area contributed by atoms with Gasteiger partial charge in [0, 0.05) is 130 Å². The third-order valence-corrected chi connectivity index (χ3v) is 23.3. The topological polar surface area (TPSA) is 318 Å². The van der Waals surface area contributed by atoms with Crippen LogP contribution < -0.4 is 36.5 Å². The van der Waals surface area contributed by atoms with Crippen molar-refractivity contribution in [2.24, 2.45) is 0 Å². The zero-order valence-corrected chi connectivity index (χ0v) is 75.8. The van der Waals surface area contributed by atoms with Gasteiger partial charge < -0.3 is 55.4 Å². The maximum Gasteiger partial charge on any atom is 0.417 e. The standard InChI is InChI=1S/C27H27F3N2O3.C27H30N2O4.C26H27FN2O3.C25H27N3O4.4CH4/c1-3-5-12-31-25(33)17-8-6-16(7-9-17)20-13-21-19(4-2)22(26(34)35-18-10-11-18)15-32-24(21)14-23(20)27(28,29)30;1-4-6-13-28-26(30)18-9-7-17(8-10-18)21-14-22-20(5-2)23(27(31)33-19-11-12-19)16-29-24(22)15-25(21)32-3;1-3-5-12-28-25(30)17-8-6-16(7-9-17)20-13-21-19(4-2)22(26(31)32-18-10-11-18)15-29-24(21)14-23(20)27;1-3-4-11-27-24(29)16-7-5-15(6-8-16)18-12-19-21(13-22(18)31-2)28-14-20(23(19)26)25(30)32-17-9-10-17;;;;/h6-9,13-15,18H,3-5,10-12H2,1-2H3,(H,31,33);7-10,14-16,19H,4-6,11-13H2,1-3H3,(H,28,30);6-9,13-15,18H,3-5,10-12H2,1-2H3,(H,28,30);5-8,12-14,17H,3-4,9-11H2,1-2H3,(H2,26,28)(H,27,29);4*1H4. The van der Waals surface area contributed by atoms with E-state index < -0.39 is 29.5 Å². The average Bonchev–Trinajstić information content (AvgIpc) is 1.74. The summed E-state index contributed by atoms with van der Waals surface area (Å²) in [5.74, 6) is -1.30. The molecule has 8 aromatic carbocycles. The molecule has 4 aromatic heterocycles. The van der Waals surface area contributed by atoms with Crippen LogP contribution in [-0.2, 0) is 44.4 Å². The number of aryl methyl sites for hydroxylation is 3. The Morgan fingerprint density at radius 3 is 0.904 bits per heavy atom. The molecule has 136 heavy (non-hydrogen) atoms. The maximum atomic E-state index is 14.9. The van der Waals surface area contributed by atoms with E-state index >= 15 is 0 Å². The zero-order valence-electron chi connectivity index (χ0n) is 75.8. The second-order valence-corrected chi connectivity index (χ2v) is 33.2. The van der Waals surface area contributed by atoms with Gasteiger partial charge in [-0.3, -0.25) is 39.1 Å². The Hall–Kier alpha value is -13.7. The number of esters is 4. The number of halogens is 4. The van der Waals surface area contributed by atoms with Gasteiger partial charge in [0.1, 0.15) is 47.3 Å². The van der Waals surface area contributed by atoms with Crippen LogP contribution in [0.4, 0.5) is 23.2 Å². The van der Waals surface area contributed by atoms with Crippen molar-refractivity contribution in [2.45, 2.75) is 231 Å². The summed E-state index contributed by atoms with van der Waals surface area (Å²) in [4.78, 5) is 117. The Balaban J connectivity index is 0.000000201. The number of methoxy groups -OCH3 is 2. The van der Waals surface area contributed by atoms with Gasteiger partial charge in [0.25, 0.3) is 23.6 Å². The molecule has 0 saturated heterocycles. The third kappa shape index (κ3) is 26.5. The Labute approximate surface area is 794 Å². The molecule has 0 bridgehead atoms. The molecule has 12 aromatic rings. The number of pyridine rings is 4. The van der Waals surface area contributed by atoms with E-state index in [0.29, 0.717) is 140 Å². The molecule has 27 heteroatoms. The highest BCUT2D eigenvalue weighted by Gasteiger charge is 2.37. The second-order valence-electron chi connectivity index (χ2n) is 33.2. The van der Waals surface area contributed by atoms with E-state index in [9.17, 15) is 55.9 Å². The second kappa shape index (κ2) is 49.0. The fourth-order valence-electron chi connectivity index (χ4n) is 15.1. The highest BCUT2D eigenvalue weighted by molar-refractivity contribution is 6.07. The van der Waals surface area contributed by atoms with Crippen LogP contribution in [0.3, 0.4) is 0 Å². The van der Waals surface area contributed by atoms with E-state index in [1.807, 2.05) is 82.3 Å². The summed E-state index contributed by atoms with van der Waals surface area (Å²) < 4.78 is 90.0. The minimum absolute atomic E-state index is 0. The monoisotopic (exact) mass is 1860 g/mol. The molecular weight excluding hydrogens is 1740 g/mol. The lowest BCUT2D eigenvalue weighted by Gasteiger charge is -2.17. The average molecular weight is 1860 g/mol.